The van der Waals surface area contributed by atoms with Crippen molar-refractivity contribution in [3.8, 4) is 0 Å². The summed E-state index contributed by atoms with van der Waals surface area (Å²) in [6.07, 6.45) is 0. The van der Waals surface area contributed by atoms with E-state index in [0.717, 1.165) is 25.0 Å². The molecule has 0 unspecified atom stereocenters. The van der Waals surface area contributed by atoms with E-state index in [9.17, 15) is 0 Å². The fourth-order valence-electron chi connectivity index (χ4n) is 2.12. The molecule has 0 radical (unpaired) electrons. The minimum Gasteiger partial charge on any atom is -0.359 e. The fourth-order valence-corrected chi connectivity index (χ4v) is 2.12. The second-order valence-corrected chi connectivity index (χ2v) is 6.67. The lowest BCUT2D eigenvalue weighted by Crippen LogP contribution is -2.33. The van der Waals surface area contributed by atoms with Crippen LogP contribution < -0.4 is 21.3 Å². The summed E-state index contributed by atoms with van der Waals surface area (Å²) in [6, 6.07) is 20.4. The van der Waals surface area contributed by atoms with Gasteiger partial charge in [-0.25, -0.2) is 0 Å². The van der Waals surface area contributed by atoms with Crippen LogP contribution in [0.4, 0.5) is 0 Å². The van der Waals surface area contributed by atoms with Crippen molar-refractivity contribution in [1.82, 2.24) is 21.3 Å². The Labute approximate surface area is 184 Å². The van der Waals surface area contributed by atoms with Gasteiger partial charge in [0.25, 0.3) is 0 Å². The molecule has 172 valence electrons. The standard InChI is InChI=1S/2C10H15N3.H2O4S/c2*1-11-10(12-2)13-8-9-6-4-3-5-7-9;1-5(2,3)4/h2*3-7H,8H2,1-2H3,(H2,11,12,13);(H2,1,2,3,4). The number of nitrogens with one attached hydrogen (secondary N) is 4. The van der Waals surface area contributed by atoms with E-state index in [0.29, 0.717) is 0 Å². The highest BCUT2D eigenvalue weighted by molar-refractivity contribution is 7.79. The summed E-state index contributed by atoms with van der Waals surface area (Å²) < 4.78 is 31.6. The first kappa shape index (κ1) is 27.8. The van der Waals surface area contributed by atoms with Crippen LogP contribution in [0.1, 0.15) is 11.1 Å². The summed E-state index contributed by atoms with van der Waals surface area (Å²) in [5.74, 6) is 1.62. The molecule has 0 heterocycles. The second kappa shape index (κ2) is 16.6. The van der Waals surface area contributed by atoms with Crippen molar-refractivity contribution in [3.63, 3.8) is 0 Å². The number of hydrogen-bond donors (Lipinski definition) is 6. The molecule has 0 saturated carbocycles. The monoisotopic (exact) mass is 452 g/mol. The molecule has 2 aromatic carbocycles. The normalized spacial score (nSPS) is 11.2. The van der Waals surface area contributed by atoms with Gasteiger partial charge in [-0.3, -0.25) is 19.1 Å². The predicted molar refractivity (Wildman–Crippen MR) is 126 cm³/mol. The van der Waals surface area contributed by atoms with Crippen LogP contribution in [0.3, 0.4) is 0 Å². The number of hydrogen-bond acceptors (Lipinski definition) is 4. The first-order valence-corrected chi connectivity index (χ1v) is 10.7. The molecule has 0 saturated heterocycles. The van der Waals surface area contributed by atoms with E-state index in [1.165, 1.54) is 11.1 Å². The predicted octanol–water partition coefficient (Wildman–Crippen LogP) is 1.31. The number of rotatable bonds is 4. The Morgan fingerprint density at radius 1 is 0.742 bits per heavy atom. The average Bonchev–Trinajstić information content (AvgIpc) is 2.76. The van der Waals surface area contributed by atoms with Gasteiger partial charge in [0.1, 0.15) is 0 Å². The van der Waals surface area contributed by atoms with Gasteiger partial charge >= 0.3 is 10.4 Å². The maximum absolute atomic E-state index is 8.74. The van der Waals surface area contributed by atoms with E-state index >= 15 is 0 Å². The molecule has 2 rings (SSSR count). The smallest absolute Gasteiger partial charge is 0.359 e. The van der Waals surface area contributed by atoms with Crippen molar-refractivity contribution in [2.24, 2.45) is 9.98 Å². The van der Waals surface area contributed by atoms with Crippen LogP contribution in [0.5, 0.6) is 0 Å². The average molecular weight is 453 g/mol. The van der Waals surface area contributed by atoms with Crippen molar-refractivity contribution in [2.75, 3.05) is 28.2 Å². The molecule has 0 aliphatic carbocycles. The van der Waals surface area contributed by atoms with E-state index < -0.39 is 10.4 Å². The molecule has 0 fully saturated rings. The van der Waals surface area contributed by atoms with Crippen LogP contribution in [0.2, 0.25) is 0 Å². The minimum atomic E-state index is -4.67. The Bertz CT molecular complexity index is 808. The lowest BCUT2D eigenvalue weighted by Gasteiger charge is -2.07. The number of aliphatic imine (C=N–C) groups is 2. The summed E-state index contributed by atoms with van der Waals surface area (Å²) >= 11 is 0. The van der Waals surface area contributed by atoms with Crippen molar-refractivity contribution in [2.45, 2.75) is 13.1 Å². The summed E-state index contributed by atoms with van der Waals surface area (Å²) in [4.78, 5) is 8.03. The van der Waals surface area contributed by atoms with Crippen LogP contribution in [0.25, 0.3) is 0 Å². The van der Waals surface area contributed by atoms with Gasteiger partial charge in [-0.15, -0.1) is 0 Å². The van der Waals surface area contributed by atoms with Crippen molar-refractivity contribution in [3.05, 3.63) is 71.8 Å². The number of nitrogens with zero attached hydrogens (tertiary/aromatic N) is 2. The Balaban J connectivity index is 0.000000479. The Hall–Kier alpha value is -3.15. The fraction of sp³-hybridized carbons (Fsp3) is 0.300. The zero-order chi connectivity index (χ0) is 23.5. The molecule has 0 bridgehead atoms. The number of benzene rings is 2. The Morgan fingerprint density at radius 2 is 1.03 bits per heavy atom. The van der Waals surface area contributed by atoms with Crippen LogP contribution in [0, 0.1) is 0 Å². The van der Waals surface area contributed by atoms with Crippen LogP contribution in [0.15, 0.2) is 70.6 Å². The Kier molecular flexibility index (Phi) is 14.9. The van der Waals surface area contributed by atoms with E-state index in [1.807, 2.05) is 50.5 Å². The molecule has 0 aromatic heterocycles. The molecule has 0 atom stereocenters. The van der Waals surface area contributed by atoms with Gasteiger partial charge in [-0.05, 0) is 11.1 Å². The van der Waals surface area contributed by atoms with Gasteiger partial charge in [0.2, 0.25) is 0 Å². The highest BCUT2D eigenvalue weighted by Gasteiger charge is 1.94. The van der Waals surface area contributed by atoms with E-state index in [2.05, 4.69) is 55.5 Å². The molecular weight excluding hydrogens is 420 g/mol. The van der Waals surface area contributed by atoms with Crippen molar-refractivity contribution < 1.29 is 17.5 Å². The largest absolute Gasteiger partial charge is 0.394 e. The molecular formula is C20H32N6O4S. The van der Waals surface area contributed by atoms with Crippen LogP contribution in [-0.2, 0) is 23.5 Å². The zero-order valence-corrected chi connectivity index (χ0v) is 19.0. The second-order valence-electron chi connectivity index (χ2n) is 5.77. The van der Waals surface area contributed by atoms with Crippen molar-refractivity contribution in [1.29, 1.82) is 0 Å². The zero-order valence-electron chi connectivity index (χ0n) is 18.2. The lowest BCUT2D eigenvalue weighted by atomic mass is 10.2. The van der Waals surface area contributed by atoms with Crippen molar-refractivity contribution >= 4 is 22.3 Å². The summed E-state index contributed by atoms with van der Waals surface area (Å²) in [5, 5.41) is 12.3. The topological polar surface area (TPSA) is 147 Å². The third-order valence-electron chi connectivity index (χ3n) is 3.53. The summed E-state index contributed by atoms with van der Waals surface area (Å²) in [6.45, 7) is 1.60. The molecule has 10 nitrogen and oxygen atoms in total. The first-order valence-electron chi connectivity index (χ1n) is 9.28. The quantitative estimate of drug-likeness (QED) is 0.231. The van der Waals surface area contributed by atoms with Crippen LogP contribution >= 0.6 is 0 Å². The molecule has 0 amide bonds. The minimum absolute atomic E-state index is 0.800. The molecule has 0 aliphatic heterocycles. The molecule has 11 heteroatoms. The van der Waals surface area contributed by atoms with Gasteiger partial charge in [0, 0.05) is 41.3 Å². The van der Waals surface area contributed by atoms with E-state index in [4.69, 9.17) is 17.5 Å². The van der Waals surface area contributed by atoms with Crippen LogP contribution in [-0.4, -0.2) is 57.6 Å². The Morgan fingerprint density at radius 3 is 1.26 bits per heavy atom. The maximum Gasteiger partial charge on any atom is 0.394 e. The van der Waals surface area contributed by atoms with E-state index in [-0.39, 0.29) is 0 Å². The third-order valence-corrected chi connectivity index (χ3v) is 3.53. The molecule has 0 aliphatic rings. The van der Waals surface area contributed by atoms with Gasteiger partial charge in [-0.2, -0.15) is 8.42 Å². The highest BCUT2D eigenvalue weighted by Crippen LogP contribution is 1.97. The van der Waals surface area contributed by atoms with Gasteiger partial charge in [0.05, 0.1) is 0 Å². The van der Waals surface area contributed by atoms with Gasteiger partial charge in [0.15, 0.2) is 11.9 Å². The molecule has 2 aromatic rings. The third kappa shape index (κ3) is 17.4. The maximum atomic E-state index is 8.74. The number of guanidine groups is 2. The van der Waals surface area contributed by atoms with Gasteiger partial charge < -0.3 is 21.3 Å². The molecule has 6 N–H and O–H groups in total. The highest BCUT2D eigenvalue weighted by atomic mass is 32.3. The van der Waals surface area contributed by atoms with E-state index in [1.54, 1.807) is 14.1 Å². The SMILES string of the molecule is C/N=C(\NC)NCc1ccccc1.C/N=C(\NC)NCc1ccccc1.O=S(=O)(O)O. The summed E-state index contributed by atoms with van der Waals surface area (Å²) in [7, 11) is 2.54. The molecule has 31 heavy (non-hydrogen) atoms. The lowest BCUT2D eigenvalue weighted by molar-refractivity contribution is 0.381. The molecule has 0 spiro atoms. The first-order chi connectivity index (χ1) is 14.7. The van der Waals surface area contributed by atoms with Gasteiger partial charge in [-0.1, -0.05) is 60.7 Å². The summed E-state index contributed by atoms with van der Waals surface area (Å²) in [5.41, 5.74) is 2.50.